The number of para-hydroxylation sites is 1. The van der Waals surface area contributed by atoms with Crippen LogP contribution in [0.3, 0.4) is 0 Å². The van der Waals surface area contributed by atoms with Crippen LogP contribution < -0.4 is 5.32 Å². The monoisotopic (exact) mass is 357 g/mol. The highest BCUT2D eigenvalue weighted by molar-refractivity contribution is 5.78. The third-order valence-corrected chi connectivity index (χ3v) is 4.39. The van der Waals surface area contributed by atoms with Gasteiger partial charge >= 0.3 is 0 Å². The standard InChI is InChI=1S/C20H19N7/c1-13(16-4-3-5-17-20(16)22-7-6-21-17)9-25-19-8-18(26-12-27-19)15-10-23-14(2)24-11-15/h3-8,10-13H,9H2,1-2H3,(H,25,26,27)/t13-/m1/s1. The Balaban J connectivity index is 1.51. The van der Waals surface area contributed by atoms with Crippen molar-refractivity contribution in [2.75, 3.05) is 11.9 Å². The van der Waals surface area contributed by atoms with Crippen molar-refractivity contribution in [3.63, 3.8) is 0 Å². The number of benzene rings is 1. The highest BCUT2D eigenvalue weighted by Crippen LogP contribution is 2.23. The molecule has 1 atom stereocenters. The first-order chi connectivity index (χ1) is 13.2. The van der Waals surface area contributed by atoms with Crippen LogP contribution in [0, 0.1) is 6.92 Å². The van der Waals surface area contributed by atoms with Gasteiger partial charge in [-0.25, -0.2) is 19.9 Å². The molecule has 0 saturated carbocycles. The maximum Gasteiger partial charge on any atom is 0.129 e. The minimum Gasteiger partial charge on any atom is -0.369 e. The molecule has 0 amide bonds. The Labute approximate surface area is 157 Å². The van der Waals surface area contributed by atoms with E-state index in [9.17, 15) is 0 Å². The number of nitrogens with one attached hydrogen (secondary N) is 1. The van der Waals surface area contributed by atoms with Crippen LogP contribution in [-0.2, 0) is 0 Å². The Morgan fingerprint density at radius 3 is 2.63 bits per heavy atom. The normalized spacial score (nSPS) is 12.1. The van der Waals surface area contributed by atoms with Crippen molar-refractivity contribution in [2.45, 2.75) is 19.8 Å². The summed E-state index contributed by atoms with van der Waals surface area (Å²) in [5.74, 6) is 1.74. The second-order valence-corrected chi connectivity index (χ2v) is 6.36. The number of nitrogens with zero attached hydrogens (tertiary/aromatic N) is 6. The van der Waals surface area contributed by atoms with E-state index in [0.29, 0.717) is 0 Å². The SMILES string of the molecule is Cc1ncc(-c2cc(NC[C@@H](C)c3cccc4nccnc34)ncn2)cn1. The first-order valence-corrected chi connectivity index (χ1v) is 8.75. The van der Waals surface area contributed by atoms with E-state index in [1.165, 1.54) is 0 Å². The van der Waals surface area contributed by atoms with Gasteiger partial charge in [0, 0.05) is 48.9 Å². The van der Waals surface area contributed by atoms with Crippen LogP contribution in [0.25, 0.3) is 22.3 Å². The molecule has 134 valence electrons. The number of anilines is 1. The van der Waals surface area contributed by atoms with Gasteiger partial charge in [0.1, 0.15) is 18.0 Å². The summed E-state index contributed by atoms with van der Waals surface area (Å²) in [5, 5.41) is 3.39. The van der Waals surface area contributed by atoms with Gasteiger partial charge in [-0.15, -0.1) is 0 Å². The fourth-order valence-electron chi connectivity index (χ4n) is 2.92. The molecule has 7 nitrogen and oxygen atoms in total. The van der Waals surface area contributed by atoms with Gasteiger partial charge in [0.2, 0.25) is 0 Å². The number of fused-ring (bicyclic) bond motifs is 1. The molecule has 3 aromatic heterocycles. The summed E-state index contributed by atoms with van der Waals surface area (Å²) < 4.78 is 0. The van der Waals surface area contributed by atoms with Gasteiger partial charge in [-0.1, -0.05) is 19.1 Å². The third kappa shape index (κ3) is 3.72. The Morgan fingerprint density at radius 1 is 0.963 bits per heavy atom. The van der Waals surface area contributed by atoms with Crippen molar-refractivity contribution in [2.24, 2.45) is 0 Å². The molecule has 27 heavy (non-hydrogen) atoms. The Hall–Kier alpha value is -3.48. The largest absolute Gasteiger partial charge is 0.369 e. The zero-order chi connectivity index (χ0) is 18.6. The minimum atomic E-state index is 0.242. The number of hydrogen-bond donors (Lipinski definition) is 1. The molecule has 0 aliphatic heterocycles. The fraction of sp³-hybridized carbons (Fsp3) is 0.200. The lowest BCUT2D eigenvalue weighted by Gasteiger charge is -2.15. The van der Waals surface area contributed by atoms with E-state index in [-0.39, 0.29) is 5.92 Å². The van der Waals surface area contributed by atoms with Crippen LogP contribution in [0.2, 0.25) is 0 Å². The van der Waals surface area contributed by atoms with Gasteiger partial charge in [0.15, 0.2) is 0 Å². The molecular formula is C20H19N7. The Kier molecular flexibility index (Phi) is 4.65. The summed E-state index contributed by atoms with van der Waals surface area (Å²) in [6.45, 7) is 4.73. The smallest absolute Gasteiger partial charge is 0.129 e. The Morgan fingerprint density at radius 2 is 1.78 bits per heavy atom. The van der Waals surface area contributed by atoms with Gasteiger partial charge in [-0.05, 0) is 18.6 Å². The van der Waals surface area contributed by atoms with Gasteiger partial charge in [-0.2, -0.15) is 0 Å². The molecule has 0 aliphatic carbocycles. The van der Waals surface area contributed by atoms with Crippen molar-refractivity contribution in [3.8, 4) is 11.3 Å². The van der Waals surface area contributed by atoms with E-state index in [1.54, 1.807) is 31.1 Å². The van der Waals surface area contributed by atoms with Gasteiger partial charge in [-0.3, -0.25) is 9.97 Å². The quantitative estimate of drug-likeness (QED) is 0.585. The molecule has 0 unspecified atom stereocenters. The lowest BCUT2D eigenvalue weighted by Crippen LogP contribution is -2.12. The van der Waals surface area contributed by atoms with E-state index in [1.807, 2.05) is 25.1 Å². The highest BCUT2D eigenvalue weighted by Gasteiger charge is 2.11. The van der Waals surface area contributed by atoms with E-state index in [0.717, 1.165) is 46.0 Å². The van der Waals surface area contributed by atoms with Gasteiger partial charge in [0.05, 0.1) is 16.7 Å². The summed E-state index contributed by atoms with van der Waals surface area (Å²) in [5.41, 5.74) is 4.66. The van der Waals surface area contributed by atoms with Crippen molar-refractivity contribution in [1.82, 2.24) is 29.9 Å². The van der Waals surface area contributed by atoms with Gasteiger partial charge < -0.3 is 5.32 Å². The first-order valence-electron chi connectivity index (χ1n) is 8.75. The third-order valence-electron chi connectivity index (χ3n) is 4.39. The predicted octanol–water partition coefficient (Wildman–Crippen LogP) is 3.40. The van der Waals surface area contributed by atoms with Crippen LogP contribution >= 0.6 is 0 Å². The summed E-state index contributed by atoms with van der Waals surface area (Å²) in [4.78, 5) is 25.9. The number of rotatable bonds is 5. The number of hydrogen-bond acceptors (Lipinski definition) is 7. The molecule has 1 aromatic carbocycles. The van der Waals surface area contributed by atoms with Crippen molar-refractivity contribution in [3.05, 3.63) is 66.8 Å². The van der Waals surface area contributed by atoms with E-state index in [4.69, 9.17) is 0 Å². The fourth-order valence-corrected chi connectivity index (χ4v) is 2.92. The van der Waals surface area contributed by atoms with Crippen LogP contribution in [0.1, 0.15) is 24.2 Å². The second-order valence-electron chi connectivity index (χ2n) is 6.36. The molecule has 0 spiro atoms. The second kappa shape index (κ2) is 7.41. The lowest BCUT2D eigenvalue weighted by atomic mass is 9.99. The van der Waals surface area contributed by atoms with Crippen molar-refractivity contribution < 1.29 is 0 Å². The molecule has 1 N–H and O–H groups in total. The summed E-state index contributed by atoms with van der Waals surface area (Å²) in [6.07, 6.45) is 8.53. The zero-order valence-electron chi connectivity index (χ0n) is 15.2. The van der Waals surface area contributed by atoms with Gasteiger partial charge in [0.25, 0.3) is 0 Å². The molecule has 0 fully saturated rings. The maximum atomic E-state index is 4.49. The number of aryl methyl sites for hydroxylation is 1. The van der Waals surface area contributed by atoms with E-state index >= 15 is 0 Å². The molecule has 7 heteroatoms. The lowest BCUT2D eigenvalue weighted by molar-refractivity contribution is 0.805. The van der Waals surface area contributed by atoms with Crippen molar-refractivity contribution in [1.29, 1.82) is 0 Å². The molecule has 0 aliphatic rings. The average Bonchev–Trinajstić information content (AvgIpc) is 2.72. The van der Waals surface area contributed by atoms with Crippen LogP contribution in [0.5, 0.6) is 0 Å². The van der Waals surface area contributed by atoms with Crippen LogP contribution in [0.4, 0.5) is 5.82 Å². The number of aromatic nitrogens is 6. The summed E-state index contributed by atoms with van der Waals surface area (Å²) >= 11 is 0. The van der Waals surface area contributed by atoms with Crippen LogP contribution in [-0.4, -0.2) is 36.4 Å². The topological polar surface area (TPSA) is 89.4 Å². The molecule has 0 radical (unpaired) electrons. The van der Waals surface area contributed by atoms with Crippen molar-refractivity contribution >= 4 is 16.9 Å². The average molecular weight is 357 g/mol. The van der Waals surface area contributed by atoms with E-state index < -0.39 is 0 Å². The zero-order valence-corrected chi connectivity index (χ0v) is 15.2. The Bertz CT molecular complexity index is 1060. The van der Waals surface area contributed by atoms with Crippen LogP contribution in [0.15, 0.2) is 55.4 Å². The van der Waals surface area contributed by atoms with E-state index in [2.05, 4.69) is 48.2 Å². The molecule has 0 bridgehead atoms. The predicted molar refractivity (Wildman–Crippen MR) is 104 cm³/mol. The summed E-state index contributed by atoms with van der Waals surface area (Å²) in [7, 11) is 0. The summed E-state index contributed by atoms with van der Waals surface area (Å²) in [6, 6.07) is 8.00. The molecule has 4 aromatic rings. The molecule has 4 rings (SSSR count). The first kappa shape index (κ1) is 17.0. The minimum absolute atomic E-state index is 0.242. The highest BCUT2D eigenvalue weighted by atomic mass is 15.0. The molecule has 0 saturated heterocycles. The molecule has 3 heterocycles. The molecular weight excluding hydrogens is 338 g/mol. The maximum absolute atomic E-state index is 4.49.